The molecule has 0 amide bonds. The molecule has 0 spiro atoms. The largest absolute Gasteiger partial charge is 0.380 e. The van der Waals surface area contributed by atoms with Crippen LogP contribution in [0.4, 0.5) is 0 Å². The van der Waals surface area contributed by atoms with Crippen molar-refractivity contribution < 1.29 is 14.2 Å². The molecule has 65 valence electrons. The van der Waals surface area contributed by atoms with Gasteiger partial charge in [-0.3, -0.25) is 0 Å². The number of rotatable bonds is 5. The monoisotopic (exact) mass is 159 g/mol. The summed E-state index contributed by atoms with van der Waals surface area (Å²) < 4.78 is 14.9. The quantitative estimate of drug-likeness (QED) is 0.564. The highest BCUT2D eigenvalue weighted by atomic mass is 16.7. The Morgan fingerprint density at radius 3 is 2.64 bits per heavy atom. The van der Waals surface area contributed by atoms with Crippen molar-refractivity contribution in [3.8, 4) is 0 Å². The lowest BCUT2D eigenvalue weighted by Crippen LogP contribution is -2.45. The molecule has 0 saturated carbocycles. The second-order valence-corrected chi connectivity index (χ2v) is 2.99. The van der Waals surface area contributed by atoms with Crippen LogP contribution in [0.2, 0.25) is 0 Å². The summed E-state index contributed by atoms with van der Waals surface area (Å²) in [5.74, 6) is 0. The molecule has 0 aromatic heterocycles. The van der Waals surface area contributed by atoms with Gasteiger partial charge in [-0.2, -0.15) is 0 Å². The molecular weight excluding hydrogens is 144 g/mol. The van der Waals surface area contributed by atoms with Crippen molar-refractivity contribution in [3.05, 3.63) is 6.79 Å². The van der Waals surface area contributed by atoms with E-state index in [9.17, 15) is 0 Å². The maximum Gasteiger partial charge on any atom is 0.209 e. The van der Waals surface area contributed by atoms with E-state index in [1.165, 1.54) is 6.79 Å². The average Bonchev–Trinajstić information content (AvgIpc) is 1.95. The molecule has 0 aromatic rings. The molecule has 0 aromatic carbocycles. The Morgan fingerprint density at radius 2 is 2.27 bits per heavy atom. The molecule has 3 nitrogen and oxygen atoms in total. The van der Waals surface area contributed by atoms with Crippen molar-refractivity contribution in [2.75, 3.05) is 26.9 Å². The van der Waals surface area contributed by atoms with E-state index in [4.69, 9.17) is 9.47 Å². The zero-order valence-electron chi connectivity index (χ0n) is 7.13. The standard InChI is InChI=1S/C8H15O3/c1-3-8(4-10-5-8)6-11-7-9-2/h7H,3-6H2,1-2H3. The van der Waals surface area contributed by atoms with Gasteiger partial charge in [0.2, 0.25) is 6.79 Å². The summed E-state index contributed by atoms with van der Waals surface area (Å²) in [5, 5.41) is 0. The summed E-state index contributed by atoms with van der Waals surface area (Å²) in [7, 11) is 1.58. The lowest BCUT2D eigenvalue weighted by atomic mass is 9.84. The third-order valence-electron chi connectivity index (χ3n) is 2.12. The minimum atomic E-state index is 0.259. The van der Waals surface area contributed by atoms with Crippen molar-refractivity contribution >= 4 is 0 Å². The van der Waals surface area contributed by atoms with E-state index in [-0.39, 0.29) is 5.41 Å². The molecule has 0 aliphatic carbocycles. The molecule has 0 unspecified atom stereocenters. The normalized spacial score (nSPS) is 21.3. The molecule has 1 rings (SSSR count). The van der Waals surface area contributed by atoms with Gasteiger partial charge in [-0.05, 0) is 6.42 Å². The minimum absolute atomic E-state index is 0.259. The summed E-state index contributed by atoms with van der Waals surface area (Å²) in [6, 6.07) is 0. The first-order chi connectivity index (χ1) is 5.33. The summed E-state index contributed by atoms with van der Waals surface area (Å²) in [4.78, 5) is 0. The van der Waals surface area contributed by atoms with Crippen molar-refractivity contribution in [1.29, 1.82) is 0 Å². The summed E-state index contributed by atoms with van der Waals surface area (Å²) in [6.45, 7) is 5.87. The Bertz CT molecular complexity index is 104. The van der Waals surface area contributed by atoms with Gasteiger partial charge in [0.15, 0.2) is 0 Å². The number of hydrogen-bond donors (Lipinski definition) is 0. The second-order valence-electron chi connectivity index (χ2n) is 2.99. The highest BCUT2D eigenvalue weighted by Crippen LogP contribution is 2.31. The molecule has 1 heterocycles. The first-order valence-corrected chi connectivity index (χ1v) is 3.87. The molecule has 1 fully saturated rings. The predicted molar refractivity (Wildman–Crippen MR) is 40.8 cm³/mol. The van der Waals surface area contributed by atoms with Gasteiger partial charge in [-0.1, -0.05) is 6.92 Å². The van der Waals surface area contributed by atoms with Crippen LogP contribution in [0.15, 0.2) is 0 Å². The Kier molecular flexibility index (Phi) is 3.30. The fraction of sp³-hybridized carbons (Fsp3) is 0.875. The Morgan fingerprint density at radius 1 is 1.55 bits per heavy atom. The highest BCUT2D eigenvalue weighted by molar-refractivity contribution is 4.83. The summed E-state index contributed by atoms with van der Waals surface area (Å²) >= 11 is 0. The van der Waals surface area contributed by atoms with E-state index in [1.807, 2.05) is 0 Å². The minimum Gasteiger partial charge on any atom is -0.380 e. The maximum atomic E-state index is 5.15. The fourth-order valence-electron chi connectivity index (χ4n) is 1.06. The molecule has 11 heavy (non-hydrogen) atoms. The fourth-order valence-corrected chi connectivity index (χ4v) is 1.06. The zero-order chi connectivity index (χ0) is 8.16. The lowest BCUT2D eigenvalue weighted by Gasteiger charge is -2.40. The lowest BCUT2D eigenvalue weighted by molar-refractivity contribution is -0.153. The van der Waals surface area contributed by atoms with E-state index in [0.717, 1.165) is 19.6 Å². The van der Waals surface area contributed by atoms with Crippen LogP contribution in [0.25, 0.3) is 0 Å². The van der Waals surface area contributed by atoms with Gasteiger partial charge >= 0.3 is 0 Å². The van der Waals surface area contributed by atoms with Gasteiger partial charge in [0.25, 0.3) is 0 Å². The SMILES string of the molecule is CCC1(CO[CH]OC)COC1. The van der Waals surface area contributed by atoms with Crippen molar-refractivity contribution in [2.24, 2.45) is 5.41 Å². The molecule has 0 atom stereocenters. The highest BCUT2D eigenvalue weighted by Gasteiger charge is 2.36. The van der Waals surface area contributed by atoms with E-state index < -0.39 is 0 Å². The van der Waals surface area contributed by atoms with Crippen molar-refractivity contribution in [2.45, 2.75) is 13.3 Å². The topological polar surface area (TPSA) is 27.7 Å². The molecule has 1 radical (unpaired) electrons. The summed E-state index contributed by atoms with van der Waals surface area (Å²) in [5.41, 5.74) is 0.259. The van der Waals surface area contributed by atoms with Gasteiger partial charge < -0.3 is 14.2 Å². The van der Waals surface area contributed by atoms with Crippen LogP contribution < -0.4 is 0 Å². The average molecular weight is 159 g/mol. The van der Waals surface area contributed by atoms with Gasteiger partial charge in [0.1, 0.15) is 0 Å². The van der Waals surface area contributed by atoms with E-state index >= 15 is 0 Å². The van der Waals surface area contributed by atoms with E-state index in [2.05, 4.69) is 11.7 Å². The maximum absolute atomic E-state index is 5.15. The van der Waals surface area contributed by atoms with E-state index in [0.29, 0.717) is 6.61 Å². The van der Waals surface area contributed by atoms with Crippen molar-refractivity contribution in [1.82, 2.24) is 0 Å². The smallest absolute Gasteiger partial charge is 0.209 e. The molecule has 3 heteroatoms. The molecule has 0 bridgehead atoms. The Balaban J connectivity index is 2.11. The molecule has 1 aliphatic rings. The van der Waals surface area contributed by atoms with Crippen LogP contribution in [0, 0.1) is 12.2 Å². The Hall–Kier alpha value is -0.120. The van der Waals surface area contributed by atoms with Crippen LogP contribution in [-0.4, -0.2) is 26.9 Å². The number of ether oxygens (including phenoxy) is 3. The first-order valence-electron chi connectivity index (χ1n) is 3.87. The number of hydrogen-bond acceptors (Lipinski definition) is 3. The van der Waals surface area contributed by atoms with Crippen LogP contribution in [0.3, 0.4) is 0 Å². The van der Waals surface area contributed by atoms with Crippen LogP contribution in [-0.2, 0) is 14.2 Å². The zero-order valence-corrected chi connectivity index (χ0v) is 7.13. The van der Waals surface area contributed by atoms with E-state index in [1.54, 1.807) is 7.11 Å². The second kappa shape index (κ2) is 4.04. The van der Waals surface area contributed by atoms with Crippen molar-refractivity contribution in [3.63, 3.8) is 0 Å². The van der Waals surface area contributed by atoms with Crippen LogP contribution in [0.5, 0.6) is 0 Å². The van der Waals surface area contributed by atoms with Gasteiger partial charge in [-0.15, -0.1) is 0 Å². The van der Waals surface area contributed by atoms with Crippen LogP contribution in [0.1, 0.15) is 13.3 Å². The third kappa shape index (κ3) is 2.15. The third-order valence-corrected chi connectivity index (χ3v) is 2.12. The van der Waals surface area contributed by atoms with Gasteiger partial charge in [-0.25, -0.2) is 0 Å². The molecular formula is C8H15O3. The van der Waals surface area contributed by atoms with Gasteiger partial charge in [0, 0.05) is 12.5 Å². The first kappa shape index (κ1) is 8.97. The summed E-state index contributed by atoms with van der Waals surface area (Å²) in [6.07, 6.45) is 1.10. The molecule has 1 saturated heterocycles. The number of methoxy groups -OCH3 is 1. The molecule has 1 aliphatic heterocycles. The van der Waals surface area contributed by atoms with Gasteiger partial charge in [0.05, 0.1) is 19.8 Å². The Labute approximate surface area is 67.6 Å². The molecule has 0 N–H and O–H groups in total. The predicted octanol–water partition coefficient (Wildman–Crippen LogP) is 1.20. The van der Waals surface area contributed by atoms with Crippen LogP contribution >= 0.6 is 0 Å².